The molecule has 1 aromatic heterocycles. The largest absolute Gasteiger partial charge is 0.316 e. The van der Waals surface area contributed by atoms with E-state index < -0.39 is 0 Å². The highest BCUT2D eigenvalue weighted by Gasteiger charge is 2.35. The van der Waals surface area contributed by atoms with Gasteiger partial charge in [-0.05, 0) is 52.1 Å². The predicted molar refractivity (Wildman–Crippen MR) is 76.2 cm³/mol. The van der Waals surface area contributed by atoms with Crippen molar-refractivity contribution in [3.05, 3.63) is 16.9 Å². The van der Waals surface area contributed by atoms with Gasteiger partial charge in [0.15, 0.2) is 0 Å². The third kappa shape index (κ3) is 2.72. The van der Waals surface area contributed by atoms with Crippen molar-refractivity contribution in [2.24, 2.45) is 5.92 Å². The normalized spacial score (nSPS) is 23.4. The summed E-state index contributed by atoms with van der Waals surface area (Å²) in [5.41, 5.74) is 1.25. The van der Waals surface area contributed by atoms with Gasteiger partial charge in [0.2, 0.25) is 0 Å². The van der Waals surface area contributed by atoms with E-state index in [-0.39, 0.29) is 0 Å². The minimum Gasteiger partial charge on any atom is -0.316 e. The lowest BCUT2D eigenvalue weighted by atomic mass is 9.71. The quantitative estimate of drug-likeness (QED) is 0.800. The highest BCUT2D eigenvalue weighted by molar-refractivity contribution is 6.31. The van der Waals surface area contributed by atoms with Crippen LogP contribution in [0.3, 0.4) is 0 Å². The summed E-state index contributed by atoms with van der Waals surface area (Å²) < 4.78 is 2.10. The predicted octanol–water partition coefficient (Wildman–Crippen LogP) is 3.61. The molecule has 0 spiro atoms. The Labute approximate surface area is 115 Å². The first-order valence-corrected chi connectivity index (χ1v) is 7.46. The lowest BCUT2D eigenvalue weighted by Gasteiger charge is -2.38. The Balaban J connectivity index is 2.05. The average molecular weight is 270 g/mol. The van der Waals surface area contributed by atoms with Gasteiger partial charge in [0.05, 0.1) is 16.9 Å². The minimum absolute atomic E-state index is 0.386. The first kappa shape index (κ1) is 13.9. The third-order valence-electron chi connectivity index (χ3n) is 3.88. The number of nitrogens with one attached hydrogen (secondary N) is 1. The van der Waals surface area contributed by atoms with Crippen molar-refractivity contribution >= 4 is 11.6 Å². The van der Waals surface area contributed by atoms with E-state index in [1.165, 1.54) is 25.0 Å². The molecule has 2 rings (SSSR count). The molecule has 0 amide bonds. The van der Waals surface area contributed by atoms with E-state index in [1.807, 2.05) is 0 Å². The zero-order valence-corrected chi connectivity index (χ0v) is 12.4. The molecule has 2 unspecified atom stereocenters. The number of nitrogens with zero attached hydrogens (tertiary/aromatic N) is 2. The number of rotatable bonds is 6. The van der Waals surface area contributed by atoms with E-state index in [2.05, 4.69) is 35.9 Å². The Kier molecular flexibility index (Phi) is 4.68. The van der Waals surface area contributed by atoms with Crippen molar-refractivity contribution < 1.29 is 0 Å². The second-order valence-corrected chi connectivity index (χ2v) is 5.97. The van der Waals surface area contributed by atoms with Crippen molar-refractivity contribution in [2.45, 2.75) is 52.0 Å². The van der Waals surface area contributed by atoms with Crippen LogP contribution in [-0.4, -0.2) is 22.9 Å². The summed E-state index contributed by atoms with van der Waals surface area (Å²) >= 11 is 6.32. The standard InChI is InChI=1S/C14H24ClN3/c1-4-7-16-8-11-5-6-12(11)14-13(15)9-17-18(14)10(2)3/h9-12,16H,4-8H2,1-3H3. The summed E-state index contributed by atoms with van der Waals surface area (Å²) in [6, 6.07) is 0.386. The van der Waals surface area contributed by atoms with Crippen LogP contribution in [0.4, 0.5) is 0 Å². The van der Waals surface area contributed by atoms with Crippen molar-refractivity contribution in [1.82, 2.24) is 15.1 Å². The van der Waals surface area contributed by atoms with Crippen LogP contribution < -0.4 is 5.32 Å². The fraction of sp³-hybridized carbons (Fsp3) is 0.786. The summed E-state index contributed by atoms with van der Waals surface area (Å²) in [4.78, 5) is 0. The Morgan fingerprint density at radius 2 is 2.28 bits per heavy atom. The maximum atomic E-state index is 6.32. The summed E-state index contributed by atoms with van der Waals surface area (Å²) in [6.45, 7) is 8.75. The van der Waals surface area contributed by atoms with Crippen LogP contribution in [0, 0.1) is 5.92 Å². The highest BCUT2D eigenvalue weighted by Crippen LogP contribution is 2.45. The fourth-order valence-electron chi connectivity index (χ4n) is 2.75. The molecule has 3 nitrogen and oxygen atoms in total. The molecule has 0 aromatic carbocycles. The van der Waals surface area contributed by atoms with Gasteiger partial charge in [-0.3, -0.25) is 4.68 Å². The molecule has 0 bridgehead atoms. The Morgan fingerprint density at radius 3 is 2.83 bits per heavy atom. The molecule has 4 heteroatoms. The second-order valence-electron chi connectivity index (χ2n) is 5.56. The summed E-state index contributed by atoms with van der Waals surface area (Å²) in [6.07, 6.45) is 5.55. The van der Waals surface area contributed by atoms with Gasteiger partial charge in [-0.1, -0.05) is 18.5 Å². The molecule has 0 saturated heterocycles. The molecule has 1 saturated carbocycles. The SMILES string of the molecule is CCCNCC1CCC1c1c(Cl)cnn1C(C)C. The van der Waals surface area contributed by atoms with Gasteiger partial charge in [0.25, 0.3) is 0 Å². The minimum atomic E-state index is 0.386. The molecule has 2 atom stereocenters. The lowest BCUT2D eigenvalue weighted by Crippen LogP contribution is -2.35. The van der Waals surface area contributed by atoms with Crippen LogP contribution >= 0.6 is 11.6 Å². The van der Waals surface area contributed by atoms with Crippen molar-refractivity contribution in [3.8, 4) is 0 Å². The van der Waals surface area contributed by atoms with Crippen molar-refractivity contribution in [1.29, 1.82) is 0 Å². The van der Waals surface area contributed by atoms with E-state index in [0.717, 1.165) is 24.0 Å². The number of aromatic nitrogens is 2. The van der Waals surface area contributed by atoms with Crippen LogP contribution in [-0.2, 0) is 0 Å². The van der Waals surface area contributed by atoms with E-state index in [9.17, 15) is 0 Å². The van der Waals surface area contributed by atoms with Gasteiger partial charge in [-0.25, -0.2) is 0 Å². The van der Waals surface area contributed by atoms with E-state index in [0.29, 0.717) is 12.0 Å². The molecule has 0 radical (unpaired) electrons. The number of halogens is 1. The maximum absolute atomic E-state index is 6.32. The van der Waals surface area contributed by atoms with Crippen LogP contribution in [0.2, 0.25) is 5.02 Å². The van der Waals surface area contributed by atoms with Crippen LogP contribution in [0.5, 0.6) is 0 Å². The monoisotopic (exact) mass is 269 g/mol. The average Bonchev–Trinajstić information content (AvgIpc) is 2.66. The smallest absolute Gasteiger partial charge is 0.0820 e. The van der Waals surface area contributed by atoms with Gasteiger partial charge in [-0.2, -0.15) is 5.10 Å². The Morgan fingerprint density at radius 1 is 1.50 bits per heavy atom. The topological polar surface area (TPSA) is 29.9 Å². The molecule has 1 aromatic rings. The molecule has 1 aliphatic carbocycles. The van der Waals surface area contributed by atoms with Crippen molar-refractivity contribution in [3.63, 3.8) is 0 Å². The van der Waals surface area contributed by atoms with Crippen molar-refractivity contribution in [2.75, 3.05) is 13.1 Å². The summed E-state index contributed by atoms with van der Waals surface area (Å²) in [5.74, 6) is 1.31. The molecule has 1 aliphatic rings. The van der Waals surface area contributed by atoms with Gasteiger partial charge >= 0.3 is 0 Å². The molecule has 18 heavy (non-hydrogen) atoms. The summed E-state index contributed by atoms with van der Waals surface area (Å²) in [5, 5.41) is 8.78. The number of hydrogen-bond acceptors (Lipinski definition) is 2. The maximum Gasteiger partial charge on any atom is 0.0820 e. The lowest BCUT2D eigenvalue weighted by molar-refractivity contribution is 0.231. The molecule has 0 aliphatic heterocycles. The van der Waals surface area contributed by atoms with Gasteiger partial charge in [-0.15, -0.1) is 0 Å². The fourth-order valence-corrected chi connectivity index (χ4v) is 3.02. The second kappa shape index (κ2) is 6.07. The Bertz CT molecular complexity index is 386. The van der Waals surface area contributed by atoms with Crippen LogP contribution in [0.25, 0.3) is 0 Å². The first-order chi connectivity index (χ1) is 8.65. The molecule has 1 fully saturated rings. The zero-order valence-electron chi connectivity index (χ0n) is 11.6. The first-order valence-electron chi connectivity index (χ1n) is 7.08. The van der Waals surface area contributed by atoms with E-state index in [4.69, 9.17) is 11.6 Å². The molecule has 1 heterocycles. The third-order valence-corrected chi connectivity index (χ3v) is 4.17. The van der Waals surface area contributed by atoms with Gasteiger partial charge < -0.3 is 5.32 Å². The van der Waals surface area contributed by atoms with E-state index in [1.54, 1.807) is 6.20 Å². The summed E-state index contributed by atoms with van der Waals surface area (Å²) in [7, 11) is 0. The molecule has 1 N–H and O–H groups in total. The Hall–Kier alpha value is -0.540. The van der Waals surface area contributed by atoms with Gasteiger partial charge in [0.1, 0.15) is 0 Å². The highest BCUT2D eigenvalue weighted by atomic mass is 35.5. The molecular formula is C14H24ClN3. The van der Waals surface area contributed by atoms with Crippen LogP contribution in [0.15, 0.2) is 6.20 Å². The van der Waals surface area contributed by atoms with E-state index >= 15 is 0 Å². The number of hydrogen-bond donors (Lipinski definition) is 1. The molecular weight excluding hydrogens is 246 g/mol. The van der Waals surface area contributed by atoms with Crippen LogP contribution in [0.1, 0.15) is 57.7 Å². The molecule has 102 valence electrons. The van der Waals surface area contributed by atoms with Gasteiger partial charge in [0, 0.05) is 12.0 Å². The zero-order chi connectivity index (χ0) is 13.1.